The van der Waals surface area contributed by atoms with Gasteiger partial charge in [0.2, 0.25) is 0 Å². The molecule has 0 bridgehead atoms. The molecule has 7 nitrogen and oxygen atoms in total. The van der Waals surface area contributed by atoms with Crippen molar-refractivity contribution in [1.82, 2.24) is 0 Å². The number of ketones is 1. The predicted molar refractivity (Wildman–Crippen MR) is 94.2 cm³/mol. The molecule has 0 aliphatic carbocycles. The molecular formula is C20H20O7. The van der Waals surface area contributed by atoms with Crippen LogP contribution in [-0.2, 0) is 0 Å². The molecule has 0 fully saturated rings. The zero-order valence-electron chi connectivity index (χ0n) is 14.8. The number of fused-ring (bicyclic) bond motifs is 2. The van der Waals surface area contributed by atoms with Gasteiger partial charge < -0.3 is 29.9 Å². The Morgan fingerprint density at radius 2 is 1.85 bits per heavy atom. The van der Waals surface area contributed by atoms with E-state index in [9.17, 15) is 25.2 Å². The Morgan fingerprint density at radius 1 is 1.11 bits per heavy atom. The normalized spacial score (nSPS) is 25.8. The minimum atomic E-state index is -1.26. The second-order valence-corrected chi connectivity index (χ2v) is 7.47. The summed E-state index contributed by atoms with van der Waals surface area (Å²) < 4.78 is 11.5. The number of hydrogen-bond donors (Lipinski definition) is 4. The minimum Gasteiger partial charge on any atom is -0.508 e. The molecule has 3 atom stereocenters. The molecule has 0 spiro atoms. The number of rotatable bonds is 1. The summed E-state index contributed by atoms with van der Waals surface area (Å²) >= 11 is 0. The van der Waals surface area contributed by atoms with E-state index in [1.165, 1.54) is 24.3 Å². The number of carbonyl (C=O) groups is 1. The van der Waals surface area contributed by atoms with Crippen LogP contribution in [0.5, 0.6) is 23.0 Å². The molecule has 4 rings (SSSR count). The first-order chi connectivity index (χ1) is 12.7. The summed E-state index contributed by atoms with van der Waals surface area (Å²) in [6, 6.07) is 7.27. The first kappa shape index (κ1) is 17.6. The van der Waals surface area contributed by atoms with Crippen LogP contribution in [0.3, 0.4) is 0 Å². The van der Waals surface area contributed by atoms with E-state index in [4.69, 9.17) is 9.47 Å². The summed E-state index contributed by atoms with van der Waals surface area (Å²) in [5.74, 6) is -0.0338. The molecule has 7 heteroatoms. The van der Waals surface area contributed by atoms with Crippen LogP contribution in [0, 0.1) is 0 Å². The Kier molecular flexibility index (Phi) is 3.83. The highest BCUT2D eigenvalue weighted by atomic mass is 16.5. The monoisotopic (exact) mass is 372 g/mol. The molecule has 2 aromatic rings. The molecule has 0 aromatic heterocycles. The SMILES string of the molecule is CC1(C)Oc2c(O)cc([C@@H]3CC(=O)c4ccc(O)cc4O3)cc2C(O)C1O. The lowest BCUT2D eigenvalue weighted by molar-refractivity contribution is -0.112. The molecular weight excluding hydrogens is 352 g/mol. The Bertz CT molecular complexity index is 934. The molecule has 2 heterocycles. The summed E-state index contributed by atoms with van der Waals surface area (Å²) in [5.41, 5.74) is 0.00336. The van der Waals surface area contributed by atoms with Crippen molar-refractivity contribution >= 4 is 5.78 Å². The largest absolute Gasteiger partial charge is 0.508 e. The van der Waals surface area contributed by atoms with Gasteiger partial charge in [-0.15, -0.1) is 0 Å². The van der Waals surface area contributed by atoms with Gasteiger partial charge in [0.05, 0.1) is 12.0 Å². The van der Waals surface area contributed by atoms with Gasteiger partial charge in [-0.2, -0.15) is 0 Å². The van der Waals surface area contributed by atoms with Crippen LogP contribution in [0.15, 0.2) is 30.3 Å². The smallest absolute Gasteiger partial charge is 0.170 e. The Hall–Kier alpha value is -2.77. The van der Waals surface area contributed by atoms with Crippen LogP contribution in [0.1, 0.15) is 54.0 Å². The van der Waals surface area contributed by atoms with Crippen molar-refractivity contribution in [1.29, 1.82) is 0 Å². The van der Waals surface area contributed by atoms with Gasteiger partial charge >= 0.3 is 0 Å². The van der Waals surface area contributed by atoms with Crippen LogP contribution in [-0.4, -0.2) is 37.9 Å². The average Bonchev–Trinajstić information content (AvgIpc) is 2.60. The number of phenolic OH excluding ortho intramolecular Hbond substituents is 2. The van der Waals surface area contributed by atoms with Crippen molar-refractivity contribution < 1.29 is 34.7 Å². The van der Waals surface area contributed by atoms with Gasteiger partial charge in [-0.1, -0.05) is 0 Å². The third kappa shape index (κ3) is 2.79. The van der Waals surface area contributed by atoms with Crippen molar-refractivity contribution in [3.8, 4) is 23.0 Å². The summed E-state index contributed by atoms with van der Waals surface area (Å²) in [5, 5.41) is 40.8. The van der Waals surface area contributed by atoms with Gasteiger partial charge in [0, 0.05) is 11.6 Å². The average molecular weight is 372 g/mol. The molecule has 2 aromatic carbocycles. The van der Waals surface area contributed by atoms with Crippen molar-refractivity contribution in [3.63, 3.8) is 0 Å². The van der Waals surface area contributed by atoms with Crippen molar-refractivity contribution in [2.45, 2.75) is 44.2 Å². The topological polar surface area (TPSA) is 116 Å². The van der Waals surface area contributed by atoms with Gasteiger partial charge in [-0.25, -0.2) is 0 Å². The quantitative estimate of drug-likeness (QED) is 0.607. The lowest BCUT2D eigenvalue weighted by Gasteiger charge is -2.40. The third-order valence-electron chi connectivity index (χ3n) is 5.09. The van der Waals surface area contributed by atoms with Crippen molar-refractivity contribution in [3.05, 3.63) is 47.0 Å². The van der Waals surface area contributed by atoms with Gasteiger partial charge in [-0.3, -0.25) is 4.79 Å². The summed E-state index contributed by atoms with van der Waals surface area (Å²) in [6.07, 6.45) is -3.11. The van der Waals surface area contributed by atoms with E-state index in [2.05, 4.69) is 0 Å². The lowest BCUT2D eigenvalue weighted by atomic mass is 9.86. The highest BCUT2D eigenvalue weighted by molar-refractivity contribution is 6.00. The number of Topliss-reactive ketones (excluding diaryl/α,β-unsaturated/α-hetero) is 1. The highest BCUT2D eigenvalue weighted by Crippen LogP contribution is 2.47. The second kappa shape index (κ2) is 5.87. The fourth-order valence-electron chi connectivity index (χ4n) is 3.55. The number of carbonyl (C=O) groups excluding carboxylic acids is 1. The van der Waals surface area contributed by atoms with Crippen LogP contribution in [0.2, 0.25) is 0 Å². The van der Waals surface area contributed by atoms with E-state index in [1.54, 1.807) is 19.9 Å². The first-order valence-electron chi connectivity index (χ1n) is 8.62. The second-order valence-electron chi connectivity index (χ2n) is 7.47. The maximum absolute atomic E-state index is 12.4. The maximum atomic E-state index is 12.4. The number of ether oxygens (including phenoxy) is 2. The molecule has 0 amide bonds. The zero-order valence-corrected chi connectivity index (χ0v) is 14.8. The molecule has 0 saturated carbocycles. The van der Waals surface area contributed by atoms with E-state index in [0.717, 1.165) is 0 Å². The number of aliphatic hydroxyl groups is 2. The first-order valence-corrected chi connectivity index (χ1v) is 8.62. The minimum absolute atomic E-state index is 0.0235. The number of benzene rings is 2. The summed E-state index contributed by atoms with van der Waals surface area (Å²) in [7, 11) is 0. The molecule has 2 aliphatic rings. The van der Waals surface area contributed by atoms with E-state index in [1.807, 2.05) is 0 Å². The standard InChI is InChI=1S/C20H20O7/c1-20(2)19(25)17(24)12-5-9(6-14(23)18(12)27-20)15-8-13(22)11-4-3-10(21)7-16(11)26-15/h3-7,15,17,19,21,23-25H,8H2,1-2H3/t15-,17?,19?/m0/s1. The van der Waals surface area contributed by atoms with E-state index in [0.29, 0.717) is 11.1 Å². The van der Waals surface area contributed by atoms with E-state index < -0.39 is 23.9 Å². The van der Waals surface area contributed by atoms with Crippen LogP contribution < -0.4 is 9.47 Å². The van der Waals surface area contributed by atoms with Crippen LogP contribution in [0.25, 0.3) is 0 Å². The van der Waals surface area contributed by atoms with Crippen molar-refractivity contribution in [2.24, 2.45) is 0 Å². The van der Waals surface area contributed by atoms with Gasteiger partial charge in [-0.05, 0) is 43.7 Å². The molecule has 0 saturated heterocycles. The van der Waals surface area contributed by atoms with Gasteiger partial charge in [0.25, 0.3) is 0 Å². The molecule has 4 N–H and O–H groups in total. The number of aromatic hydroxyl groups is 2. The third-order valence-corrected chi connectivity index (χ3v) is 5.09. The van der Waals surface area contributed by atoms with Crippen molar-refractivity contribution in [2.75, 3.05) is 0 Å². The summed E-state index contributed by atoms with van der Waals surface area (Å²) in [4.78, 5) is 12.4. The van der Waals surface area contributed by atoms with Crippen LogP contribution in [0.4, 0.5) is 0 Å². The maximum Gasteiger partial charge on any atom is 0.170 e. The Morgan fingerprint density at radius 3 is 2.59 bits per heavy atom. The fraction of sp³-hybridized carbons (Fsp3) is 0.350. The highest BCUT2D eigenvalue weighted by Gasteiger charge is 2.44. The zero-order chi connectivity index (χ0) is 19.5. The van der Waals surface area contributed by atoms with E-state index >= 15 is 0 Å². The molecule has 27 heavy (non-hydrogen) atoms. The fourth-order valence-corrected chi connectivity index (χ4v) is 3.55. The van der Waals surface area contributed by atoms with Crippen LogP contribution >= 0.6 is 0 Å². The van der Waals surface area contributed by atoms with Gasteiger partial charge in [0.15, 0.2) is 17.3 Å². The lowest BCUT2D eigenvalue weighted by Crippen LogP contribution is -2.48. The molecule has 2 aliphatic heterocycles. The summed E-state index contributed by atoms with van der Waals surface area (Å²) in [6.45, 7) is 3.23. The Labute approximate surface area is 155 Å². The van der Waals surface area contributed by atoms with E-state index in [-0.39, 0.29) is 40.8 Å². The Balaban J connectivity index is 1.74. The molecule has 2 unspecified atom stereocenters. The predicted octanol–water partition coefficient (Wildman–Crippen LogP) is 2.37. The molecule has 0 radical (unpaired) electrons. The molecule has 142 valence electrons. The number of hydrogen-bond acceptors (Lipinski definition) is 7. The number of phenols is 2. The van der Waals surface area contributed by atoms with Gasteiger partial charge in [0.1, 0.15) is 35.4 Å². The number of aliphatic hydroxyl groups excluding tert-OH is 2.